The molecule has 0 aliphatic carbocycles. The first-order chi connectivity index (χ1) is 12.7. The largest absolute Gasteiger partial charge is 0.497 e. The van der Waals surface area contributed by atoms with Crippen molar-refractivity contribution in [3.05, 3.63) is 66.2 Å². The Morgan fingerprint density at radius 2 is 1.15 bits per heavy atom. The van der Waals surface area contributed by atoms with Crippen molar-refractivity contribution in [2.24, 2.45) is 0 Å². The normalized spacial score (nSPS) is 12.1. The topological polar surface area (TPSA) is 27.7 Å². The molecule has 3 nitrogen and oxygen atoms in total. The zero-order chi connectivity index (χ0) is 18.3. The van der Waals surface area contributed by atoms with E-state index in [4.69, 9.17) is 14.2 Å². The minimum atomic E-state index is -0.762. The summed E-state index contributed by atoms with van der Waals surface area (Å²) in [7, 11) is 3.03. The van der Waals surface area contributed by atoms with Crippen LogP contribution in [-0.4, -0.2) is 20.9 Å². The zero-order valence-corrected chi connectivity index (χ0v) is 14.3. The number of ether oxygens (including phenoxy) is 3. The fourth-order valence-corrected chi connectivity index (χ4v) is 3.49. The monoisotopic (exact) mass is 352 g/mol. The van der Waals surface area contributed by atoms with Gasteiger partial charge < -0.3 is 14.2 Å². The third-order valence-corrected chi connectivity index (χ3v) is 4.58. The predicted octanol–water partition coefficient (Wildman–Crippen LogP) is 2.60. The number of hydrogen-bond acceptors (Lipinski definition) is 3. The molecule has 0 radical (unpaired) electrons. The molecular formula is C20H15BF2O3. The summed E-state index contributed by atoms with van der Waals surface area (Å²) >= 11 is 0. The van der Waals surface area contributed by atoms with E-state index in [1.54, 1.807) is 36.4 Å². The lowest BCUT2D eigenvalue weighted by molar-refractivity contribution is 0.408. The van der Waals surface area contributed by atoms with Crippen LogP contribution in [0, 0.1) is 11.6 Å². The van der Waals surface area contributed by atoms with E-state index in [1.807, 2.05) is 0 Å². The SMILES string of the molecule is COc1cccc2c1B(c1c(F)cccc1F)c1c(OC)cccc1O2. The van der Waals surface area contributed by atoms with Gasteiger partial charge in [0.25, 0.3) is 6.71 Å². The molecule has 0 atom stereocenters. The van der Waals surface area contributed by atoms with E-state index in [1.165, 1.54) is 32.4 Å². The standard InChI is InChI=1S/C20H15BF2O3/c1-24-14-8-4-10-16-19(14)21(18-12(22)6-3-7-13(18)23)20-15(25-2)9-5-11-17(20)26-16/h3-11H,1-2H3. The van der Waals surface area contributed by atoms with E-state index in [0.29, 0.717) is 33.9 Å². The van der Waals surface area contributed by atoms with Crippen LogP contribution in [-0.2, 0) is 0 Å². The molecule has 0 unspecified atom stereocenters. The highest BCUT2D eigenvalue weighted by Gasteiger charge is 2.40. The van der Waals surface area contributed by atoms with Crippen LogP contribution in [0.2, 0.25) is 0 Å². The molecule has 0 fully saturated rings. The maximum atomic E-state index is 14.7. The second-order valence-corrected chi connectivity index (χ2v) is 5.91. The molecular weight excluding hydrogens is 337 g/mol. The van der Waals surface area contributed by atoms with Gasteiger partial charge in [0, 0.05) is 16.4 Å². The second kappa shape index (κ2) is 6.37. The molecule has 3 aromatic rings. The Morgan fingerprint density at radius 3 is 1.62 bits per heavy atom. The highest BCUT2D eigenvalue weighted by atomic mass is 19.1. The lowest BCUT2D eigenvalue weighted by Crippen LogP contribution is -2.57. The van der Waals surface area contributed by atoms with Crippen molar-refractivity contribution >= 4 is 23.1 Å². The van der Waals surface area contributed by atoms with Crippen LogP contribution < -0.4 is 30.6 Å². The molecule has 6 heteroatoms. The molecule has 0 N–H and O–H groups in total. The van der Waals surface area contributed by atoms with Crippen LogP contribution in [0.25, 0.3) is 0 Å². The third kappa shape index (κ3) is 2.41. The molecule has 0 bridgehead atoms. The highest BCUT2D eigenvalue weighted by molar-refractivity contribution is 6.98. The van der Waals surface area contributed by atoms with Crippen molar-refractivity contribution in [1.82, 2.24) is 0 Å². The Bertz CT molecular complexity index is 917. The highest BCUT2D eigenvalue weighted by Crippen LogP contribution is 2.31. The van der Waals surface area contributed by atoms with E-state index in [0.717, 1.165) is 0 Å². The van der Waals surface area contributed by atoms with E-state index in [9.17, 15) is 8.78 Å². The van der Waals surface area contributed by atoms with E-state index in [2.05, 4.69) is 0 Å². The van der Waals surface area contributed by atoms with Gasteiger partial charge >= 0.3 is 0 Å². The predicted molar refractivity (Wildman–Crippen MR) is 97.1 cm³/mol. The number of benzene rings is 3. The summed E-state index contributed by atoms with van der Waals surface area (Å²) in [5, 5.41) is 0. The third-order valence-electron chi connectivity index (χ3n) is 4.58. The van der Waals surface area contributed by atoms with Crippen LogP contribution in [0.1, 0.15) is 0 Å². The number of methoxy groups -OCH3 is 2. The quantitative estimate of drug-likeness (QED) is 0.531. The molecule has 0 aromatic heterocycles. The second-order valence-electron chi connectivity index (χ2n) is 5.91. The summed E-state index contributed by atoms with van der Waals surface area (Å²) in [6.45, 7) is -0.762. The van der Waals surface area contributed by atoms with E-state index in [-0.39, 0.29) is 5.46 Å². The molecule has 1 heterocycles. The smallest absolute Gasteiger partial charge is 0.268 e. The van der Waals surface area contributed by atoms with Gasteiger partial charge in [0.1, 0.15) is 34.6 Å². The van der Waals surface area contributed by atoms with Gasteiger partial charge in [0.2, 0.25) is 0 Å². The minimum Gasteiger partial charge on any atom is -0.497 e. The number of fused-ring (bicyclic) bond motifs is 2. The molecule has 4 rings (SSSR count). The number of rotatable bonds is 3. The Hall–Kier alpha value is -3.02. The minimum absolute atomic E-state index is 0.0627. The van der Waals surface area contributed by atoms with Crippen molar-refractivity contribution in [3.8, 4) is 23.0 Å². The molecule has 1 aliphatic rings. The summed E-state index contributed by atoms with van der Waals surface area (Å²) in [6.07, 6.45) is 0. The first kappa shape index (κ1) is 16.5. The van der Waals surface area contributed by atoms with Gasteiger partial charge in [0.15, 0.2) is 0 Å². The van der Waals surface area contributed by atoms with Gasteiger partial charge in [-0.3, -0.25) is 0 Å². The van der Waals surface area contributed by atoms with Crippen molar-refractivity contribution in [3.63, 3.8) is 0 Å². The van der Waals surface area contributed by atoms with Crippen molar-refractivity contribution < 1.29 is 23.0 Å². The summed E-state index contributed by atoms with van der Waals surface area (Å²) in [4.78, 5) is 0. The Morgan fingerprint density at radius 1 is 0.692 bits per heavy atom. The maximum absolute atomic E-state index is 14.7. The average molecular weight is 352 g/mol. The first-order valence-electron chi connectivity index (χ1n) is 8.11. The Labute approximate surface area is 150 Å². The average Bonchev–Trinajstić information content (AvgIpc) is 2.66. The molecule has 26 heavy (non-hydrogen) atoms. The van der Waals surface area contributed by atoms with Crippen LogP contribution in [0.5, 0.6) is 23.0 Å². The van der Waals surface area contributed by atoms with Gasteiger partial charge in [-0.1, -0.05) is 18.2 Å². The van der Waals surface area contributed by atoms with Crippen molar-refractivity contribution in [1.29, 1.82) is 0 Å². The molecule has 0 saturated carbocycles. The lowest BCUT2D eigenvalue weighted by Gasteiger charge is -2.29. The summed E-state index contributed by atoms with van der Waals surface area (Å²) in [5.74, 6) is 0.713. The Balaban J connectivity index is 2.10. The summed E-state index contributed by atoms with van der Waals surface area (Å²) < 4.78 is 46.4. The molecule has 0 amide bonds. The molecule has 130 valence electrons. The fraction of sp³-hybridized carbons (Fsp3) is 0.100. The van der Waals surface area contributed by atoms with Gasteiger partial charge in [-0.25, -0.2) is 8.78 Å². The Kier molecular flexibility index (Phi) is 4.03. The van der Waals surface area contributed by atoms with Crippen LogP contribution in [0.15, 0.2) is 54.6 Å². The number of hydrogen-bond donors (Lipinski definition) is 0. The van der Waals surface area contributed by atoms with Crippen molar-refractivity contribution in [2.45, 2.75) is 0 Å². The maximum Gasteiger partial charge on any atom is 0.268 e. The van der Waals surface area contributed by atoms with E-state index >= 15 is 0 Å². The van der Waals surface area contributed by atoms with Crippen LogP contribution in [0.4, 0.5) is 8.78 Å². The van der Waals surface area contributed by atoms with Crippen LogP contribution >= 0.6 is 0 Å². The number of halogens is 2. The first-order valence-corrected chi connectivity index (χ1v) is 8.11. The lowest BCUT2D eigenvalue weighted by atomic mass is 9.35. The van der Waals surface area contributed by atoms with Gasteiger partial charge in [-0.2, -0.15) is 0 Å². The van der Waals surface area contributed by atoms with Gasteiger partial charge in [-0.15, -0.1) is 0 Å². The molecule has 0 spiro atoms. The van der Waals surface area contributed by atoms with Crippen molar-refractivity contribution in [2.75, 3.05) is 14.2 Å². The van der Waals surface area contributed by atoms with Gasteiger partial charge in [0.05, 0.1) is 14.2 Å². The van der Waals surface area contributed by atoms with E-state index < -0.39 is 18.3 Å². The summed E-state index contributed by atoms with van der Waals surface area (Å²) in [6, 6.07) is 14.4. The van der Waals surface area contributed by atoms with Crippen LogP contribution in [0.3, 0.4) is 0 Å². The molecule has 3 aromatic carbocycles. The molecule has 0 saturated heterocycles. The van der Waals surface area contributed by atoms with Gasteiger partial charge in [-0.05, 0) is 36.4 Å². The fourth-order valence-electron chi connectivity index (χ4n) is 3.49. The summed E-state index contributed by atoms with van der Waals surface area (Å²) in [5.41, 5.74) is 1.07. The zero-order valence-electron chi connectivity index (χ0n) is 14.3. The molecule has 1 aliphatic heterocycles.